The molecule has 0 aromatic carbocycles. The highest BCUT2D eigenvalue weighted by atomic mass is 17.0. The van der Waals surface area contributed by atoms with Crippen molar-refractivity contribution in [1.82, 2.24) is 10.6 Å². The summed E-state index contributed by atoms with van der Waals surface area (Å²) in [4.78, 5) is 73.5. The van der Waals surface area contributed by atoms with Crippen LogP contribution in [-0.4, -0.2) is 96.0 Å². The predicted octanol–water partition coefficient (Wildman–Crippen LogP) is -2.17. The van der Waals surface area contributed by atoms with Crippen LogP contribution in [0.15, 0.2) is 0 Å². The summed E-state index contributed by atoms with van der Waals surface area (Å²) in [6.45, 7) is 1.06. The van der Waals surface area contributed by atoms with E-state index in [-0.39, 0.29) is 44.9 Å². The van der Waals surface area contributed by atoms with E-state index in [0.717, 1.165) is 6.92 Å². The van der Waals surface area contributed by atoms with Crippen molar-refractivity contribution in [3.63, 3.8) is 0 Å². The number of unbranched alkanes of at least 4 members (excludes halogenated alkanes) is 1. The average Bonchev–Trinajstić information content (AvgIpc) is 3.38. The number of hydrogen-bond acceptors (Lipinski definition) is 12. The van der Waals surface area contributed by atoms with Crippen molar-refractivity contribution >= 4 is 29.5 Å². The number of carbonyl (C=O) groups is 5. The molecule has 2 amide bonds. The molecule has 2 saturated heterocycles. The second kappa shape index (κ2) is 13.6. The van der Waals surface area contributed by atoms with E-state index >= 15 is 0 Å². The quantitative estimate of drug-likeness (QED) is 0.0594. The minimum Gasteiger partial charge on any atom is -0.480 e. The van der Waals surface area contributed by atoms with E-state index in [1.807, 2.05) is 0 Å². The van der Waals surface area contributed by atoms with Gasteiger partial charge in [0.15, 0.2) is 12.2 Å². The van der Waals surface area contributed by atoms with Crippen LogP contribution in [0.25, 0.3) is 0 Å². The lowest BCUT2D eigenvalue weighted by Crippen LogP contribution is -2.46. The maximum absolute atomic E-state index is 12.8. The van der Waals surface area contributed by atoms with Gasteiger partial charge in [-0.05, 0) is 25.7 Å². The lowest BCUT2D eigenvalue weighted by atomic mass is 10.1. The highest BCUT2D eigenvalue weighted by molar-refractivity contribution is 6.35. The van der Waals surface area contributed by atoms with Gasteiger partial charge in [0.2, 0.25) is 11.7 Å². The van der Waals surface area contributed by atoms with Crippen molar-refractivity contribution < 1.29 is 53.2 Å². The van der Waals surface area contributed by atoms with Crippen molar-refractivity contribution in [2.24, 2.45) is 5.73 Å². The van der Waals surface area contributed by atoms with E-state index < -0.39 is 65.2 Å². The van der Waals surface area contributed by atoms with E-state index in [9.17, 15) is 34.1 Å². The van der Waals surface area contributed by atoms with E-state index in [1.165, 1.54) is 0 Å². The summed E-state index contributed by atoms with van der Waals surface area (Å²) in [6, 6.07) is -2.30. The number of hydrogen-bond donors (Lipinski definition) is 4. The molecule has 2 fully saturated rings. The zero-order valence-corrected chi connectivity index (χ0v) is 19.6. The van der Waals surface area contributed by atoms with Crippen molar-refractivity contribution in [1.29, 1.82) is 0 Å². The lowest BCUT2D eigenvalue weighted by Gasteiger charge is -2.22. The molecular formula is C20H30N4O12. The normalized spacial score (nSPS) is 24.2. The summed E-state index contributed by atoms with van der Waals surface area (Å²) in [7, 11) is 0. The van der Waals surface area contributed by atoms with Gasteiger partial charge in [-0.25, -0.2) is 4.79 Å². The molecular weight excluding hydrogens is 488 g/mol. The van der Waals surface area contributed by atoms with Gasteiger partial charge in [-0.3, -0.25) is 19.2 Å². The molecule has 2 heterocycles. The Labute approximate surface area is 205 Å². The highest BCUT2D eigenvalue weighted by Crippen LogP contribution is 2.30. The average molecular weight is 518 g/mol. The van der Waals surface area contributed by atoms with Gasteiger partial charge in [-0.15, -0.1) is 10.1 Å². The molecule has 5 N–H and O–H groups in total. The van der Waals surface area contributed by atoms with Gasteiger partial charge in [0.25, 0.3) is 11.0 Å². The number of nitrogens with one attached hydrogen (secondary N) is 2. The Balaban J connectivity index is 1.82. The number of ether oxygens (including phenoxy) is 3. The van der Waals surface area contributed by atoms with Gasteiger partial charge in [-0.2, -0.15) is 0 Å². The van der Waals surface area contributed by atoms with Crippen LogP contribution >= 0.6 is 0 Å². The molecule has 0 saturated carbocycles. The standard InChI is InChI=1S/C20H30N4O12/c1-10(25)18(27)23-12(4-2-3-7-22-15(26)6-5-11(21)19(28)29)20(30)35-13-8-33-17-14(36-24(31)32)9-34-16(13)17/h11-14,16-17H,2-9,21H2,1H3,(H,22,26)(H,23,27)(H,28,29)/t11-,12-,13+,14-,16?,17?/m0/s1. The third-order valence-electron chi connectivity index (χ3n) is 5.60. The maximum Gasteiger partial charge on any atom is 0.329 e. The number of amides is 2. The predicted molar refractivity (Wildman–Crippen MR) is 116 cm³/mol. The van der Waals surface area contributed by atoms with Gasteiger partial charge in [0.1, 0.15) is 24.3 Å². The fourth-order valence-electron chi connectivity index (χ4n) is 3.67. The number of nitrogens with two attached hydrogens (primary N) is 1. The van der Waals surface area contributed by atoms with Crippen LogP contribution < -0.4 is 16.4 Å². The summed E-state index contributed by atoms with van der Waals surface area (Å²) in [5.74, 6) is -4.19. The number of nitrogens with zero attached hydrogens (tertiary/aromatic N) is 1. The fraction of sp³-hybridized carbons (Fsp3) is 0.750. The van der Waals surface area contributed by atoms with Gasteiger partial charge in [0.05, 0.1) is 13.2 Å². The first-order valence-corrected chi connectivity index (χ1v) is 11.3. The molecule has 6 atom stereocenters. The second-order valence-corrected chi connectivity index (χ2v) is 8.35. The summed E-state index contributed by atoms with van der Waals surface area (Å²) >= 11 is 0. The minimum atomic E-state index is -1.20. The number of esters is 1. The molecule has 0 aromatic heterocycles. The molecule has 0 aliphatic carbocycles. The minimum absolute atomic E-state index is 0.0124. The molecule has 0 radical (unpaired) electrons. The van der Waals surface area contributed by atoms with Gasteiger partial charge < -0.3 is 40.5 Å². The monoisotopic (exact) mass is 518 g/mol. The van der Waals surface area contributed by atoms with E-state index in [2.05, 4.69) is 15.5 Å². The van der Waals surface area contributed by atoms with E-state index in [1.54, 1.807) is 0 Å². The summed E-state index contributed by atoms with van der Waals surface area (Å²) in [6.07, 6.45) is -2.65. The zero-order chi connectivity index (χ0) is 26.8. The van der Waals surface area contributed by atoms with Crippen LogP contribution in [0.3, 0.4) is 0 Å². The number of carboxylic acid groups (broad SMARTS) is 1. The van der Waals surface area contributed by atoms with Crippen LogP contribution in [0.5, 0.6) is 0 Å². The first kappa shape index (κ1) is 28.9. The topological polar surface area (TPSA) is 236 Å². The first-order valence-electron chi connectivity index (χ1n) is 11.3. The van der Waals surface area contributed by atoms with Gasteiger partial charge in [0, 0.05) is 19.9 Å². The van der Waals surface area contributed by atoms with E-state index in [4.69, 9.17) is 25.1 Å². The Hall–Kier alpha value is -3.37. The third-order valence-corrected chi connectivity index (χ3v) is 5.60. The molecule has 16 nitrogen and oxygen atoms in total. The summed E-state index contributed by atoms with van der Waals surface area (Å²) in [5.41, 5.74) is 5.35. The van der Waals surface area contributed by atoms with Crippen molar-refractivity contribution in [2.75, 3.05) is 19.8 Å². The Morgan fingerprint density at radius 2 is 1.75 bits per heavy atom. The number of carboxylic acids is 1. The highest BCUT2D eigenvalue weighted by Gasteiger charge is 2.51. The molecule has 2 aliphatic rings. The molecule has 2 aliphatic heterocycles. The summed E-state index contributed by atoms with van der Waals surface area (Å²) < 4.78 is 16.3. The Morgan fingerprint density at radius 1 is 1.11 bits per heavy atom. The first-order chi connectivity index (χ1) is 17.0. The Kier molecular flexibility index (Phi) is 10.9. The third kappa shape index (κ3) is 8.69. The number of ketones is 1. The Morgan fingerprint density at radius 3 is 2.36 bits per heavy atom. The van der Waals surface area contributed by atoms with Gasteiger partial charge >= 0.3 is 11.9 Å². The molecule has 0 aromatic rings. The van der Waals surface area contributed by atoms with Crippen molar-refractivity contribution in [3.05, 3.63) is 10.1 Å². The lowest BCUT2D eigenvalue weighted by molar-refractivity contribution is -0.769. The summed E-state index contributed by atoms with van der Waals surface area (Å²) in [5, 5.41) is 23.3. The van der Waals surface area contributed by atoms with Crippen LogP contribution in [0.1, 0.15) is 39.0 Å². The number of fused-ring (bicyclic) bond motifs is 1. The van der Waals surface area contributed by atoms with E-state index in [0.29, 0.717) is 12.8 Å². The largest absolute Gasteiger partial charge is 0.480 e. The van der Waals surface area contributed by atoms with Gasteiger partial charge in [-0.1, -0.05) is 0 Å². The molecule has 16 heteroatoms. The maximum atomic E-state index is 12.8. The molecule has 2 unspecified atom stereocenters. The SMILES string of the molecule is CC(=O)C(=O)N[C@@H](CCCCNC(=O)CC[C@H](N)C(=O)O)C(=O)O[C@@H]1COC2C1OC[C@@H]2O[N+](=O)[O-]. The molecule has 0 spiro atoms. The molecule has 36 heavy (non-hydrogen) atoms. The number of aliphatic carboxylic acids is 1. The molecule has 2 rings (SSSR count). The van der Waals surface area contributed by atoms with Crippen molar-refractivity contribution in [3.8, 4) is 0 Å². The van der Waals surface area contributed by atoms with Crippen LogP contribution in [0.4, 0.5) is 0 Å². The number of rotatable bonds is 15. The fourth-order valence-corrected chi connectivity index (χ4v) is 3.67. The zero-order valence-electron chi connectivity index (χ0n) is 19.6. The second-order valence-electron chi connectivity index (χ2n) is 8.35. The smallest absolute Gasteiger partial charge is 0.329 e. The molecule has 202 valence electrons. The Bertz CT molecular complexity index is 853. The van der Waals surface area contributed by atoms with Crippen LogP contribution in [0, 0.1) is 10.1 Å². The molecule has 0 bridgehead atoms. The number of carbonyl (C=O) groups excluding carboxylic acids is 4. The van der Waals surface area contributed by atoms with Crippen LogP contribution in [-0.2, 0) is 43.0 Å². The van der Waals surface area contributed by atoms with Crippen molar-refractivity contribution in [2.45, 2.75) is 75.5 Å². The number of Topliss-reactive ketones (excluding diaryl/α,β-unsaturated/α-hetero) is 1. The van der Waals surface area contributed by atoms with Crippen LogP contribution in [0.2, 0.25) is 0 Å².